The van der Waals surface area contributed by atoms with Gasteiger partial charge in [0, 0.05) is 12.2 Å². The topological polar surface area (TPSA) is 72.2 Å². The highest BCUT2D eigenvalue weighted by atomic mass is 32.2. The molecule has 0 fully saturated rings. The number of nitrogens with two attached hydrogens (primary N) is 1. The summed E-state index contributed by atoms with van der Waals surface area (Å²) >= 11 is 0. The Morgan fingerprint density at radius 1 is 0.957 bits per heavy atom. The number of nitrogens with one attached hydrogen (secondary N) is 1. The molecule has 2 rings (SSSR count). The van der Waals surface area contributed by atoms with Gasteiger partial charge in [0.2, 0.25) is 10.0 Å². The van der Waals surface area contributed by atoms with Crippen molar-refractivity contribution in [2.24, 2.45) is 0 Å². The summed E-state index contributed by atoms with van der Waals surface area (Å²) in [5, 5.41) is 0. The van der Waals surface area contributed by atoms with Crippen LogP contribution in [0.15, 0.2) is 53.4 Å². The fourth-order valence-electron chi connectivity index (χ4n) is 2.23. The van der Waals surface area contributed by atoms with Crippen molar-refractivity contribution in [3.05, 3.63) is 59.7 Å². The van der Waals surface area contributed by atoms with E-state index in [1.54, 1.807) is 12.1 Å². The first kappa shape index (κ1) is 17.5. The quantitative estimate of drug-likeness (QED) is 0.827. The second-order valence-corrected chi connectivity index (χ2v) is 8.43. The van der Waals surface area contributed by atoms with Gasteiger partial charge < -0.3 is 5.73 Å². The number of sulfonamides is 1. The van der Waals surface area contributed by atoms with Gasteiger partial charge in [0.05, 0.1) is 4.90 Å². The summed E-state index contributed by atoms with van der Waals surface area (Å²) in [5.41, 5.74) is 8.49. The maximum Gasteiger partial charge on any atom is 0.240 e. The van der Waals surface area contributed by atoms with Gasteiger partial charge in [-0.05, 0) is 47.2 Å². The molecule has 3 N–H and O–H groups in total. The molecule has 0 aliphatic rings. The maximum absolute atomic E-state index is 12.3. The Labute approximate surface area is 138 Å². The summed E-state index contributed by atoms with van der Waals surface area (Å²) in [6.07, 6.45) is 0.625. The van der Waals surface area contributed by atoms with Crippen LogP contribution in [0.5, 0.6) is 0 Å². The molecular formula is C18H24N2O2S. The molecule has 0 atom stereocenters. The van der Waals surface area contributed by atoms with Crippen LogP contribution in [0, 0.1) is 0 Å². The highest BCUT2D eigenvalue weighted by Crippen LogP contribution is 2.23. The molecule has 0 radical (unpaired) electrons. The van der Waals surface area contributed by atoms with Crippen LogP contribution in [-0.2, 0) is 21.9 Å². The van der Waals surface area contributed by atoms with Gasteiger partial charge in [-0.2, -0.15) is 0 Å². The average molecular weight is 332 g/mol. The van der Waals surface area contributed by atoms with Crippen LogP contribution in [-0.4, -0.2) is 15.0 Å². The number of nitrogen functional groups attached to an aromatic ring is 1. The Kier molecular flexibility index (Phi) is 5.12. The standard InChI is InChI=1S/C18H24N2O2S/c1-18(2,3)15-6-10-17(11-7-15)23(21,22)20-13-12-14-4-8-16(19)9-5-14/h4-11,20H,12-13,19H2,1-3H3. The van der Waals surface area contributed by atoms with E-state index in [-0.39, 0.29) is 5.41 Å². The number of rotatable bonds is 5. The molecule has 2 aromatic rings. The fraction of sp³-hybridized carbons (Fsp3) is 0.333. The molecule has 4 nitrogen and oxygen atoms in total. The van der Waals surface area contributed by atoms with E-state index >= 15 is 0 Å². The molecule has 0 heterocycles. The third-order valence-corrected chi connectivity index (χ3v) is 5.19. The molecule has 0 unspecified atom stereocenters. The first-order valence-electron chi connectivity index (χ1n) is 7.63. The zero-order valence-electron chi connectivity index (χ0n) is 13.8. The summed E-state index contributed by atoms with van der Waals surface area (Å²) in [7, 11) is -3.48. The Morgan fingerprint density at radius 3 is 2.04 bits per heavy atom. The highest BCUT2D eigenvalue weighted by Gasteiger charge is 2.17. The zero-order chi connectivity index (χ0) is 17.1. The van der Waals surface area contributed by atoms with Crippen molar-refractivity contribution in [1.29, 1.82) is 0 Å². The van der Waals surface area contributed by atoms with Crippen LogP contribution in [0.25, 0.3) is 0 Å². The van der Waals surface area contributed by atoms with Crippen LogP contribution in [0.4, 0.5) is 5.69 Å². The molecule has 2 aromatic carbocycles. The second-order valence-electron chi connectivity index (χ2n) is 6.66. The van der Waals surface area contributed by atoms with Gasteiger partial charge in [0.25, 0.3) is 0 Å². The minimum absolute atomic E-state index is 0.00484. The summed E-state index contributed by atoms with van der Waals surface area (Å²) in [6.45, 7) is 6.65. The highest BCUT2D eigenvalue weighted by molar-refractivity contribution is 7.89. The van der Waals surface area contributed by atoms with Gasteiger partial charge in [0.15, 0.2) is 0 Å². The Morgan fingerprint density at radius 2 is 1.52 bits per heavy atom. The lowest BCUT2D eigenvalue weighted by atomic mass is 9.87. The normalized spacial score (nSPS) is 12.3. The number of hydrogen-bond acceptors (Lipinski definition) is 3. The molecule has 23 heavy (non-hydrogen) atoms. The predicted octanol–water partition coefficient (Wildman–Crippen LogP) is 3.09. The molecule has 0 aromatic heterocycles. The van der Waals surface area contributed by atoms with Gasteiger partial charge in [0.1, 0.15) is 0 Å². The minimum atomic E-state index is -3.48. The van der Waals surface area contributed by atoms with E-state index in [9.17, 15) is 8.42 Å². The van der Waals surface area contributed by atoms with Crippen LogP contribution < -0.4 is 10.5 Å². The van der Waals surface area contributed by atoms with Crippen molar-refractivity contribution in [1.82, 2.24) is 4.72 Å². The lowest BCUT2D eigenvalue weighted by Gasteiger charge is -2.19. The van der Waals surface area contributed by atoms with Crippen molar-refractivity contribution >= 4 is 15.7 Å². The van der Waals surface area contributed by atoms with Crippen molar-refractivity contribution in [3.8, 4) is 0 Å². The smallest absolute Gasteiger partial charge is 0.240 e. The Hall–Kier alpha value is -1.85. The van der Waals surface area contributed by atoms with Gasteiger partial charge in [-0.25, -0.2) is 13.1 Å². The molecule has 5 heteroatoms. The van der Waals surface area contributed by atoms with Crippen molar-refractivity contribution in [2.45, 2.75) is 37.5 Å². The van der Waals surface area contributed by atoms with Crippen molar-refractivity contribution in [2.75, 3.05) is 12.3 Å². The fourth-order valence-corrected chi connectivity index (χ4v) is 3.26. The van der Waals surface area contributed by atoms with Crippen LogP contribution in [0.1, 0.15) is 31.9 Å². The summed E-state index contributed by atoms with van der Waals surface area (Å²) in [4.78, 5) is 0.294. The van der Waals surface area contributed by atoms with E-state index in [0.717, 1.165) is 11.1 Å². The second kappa shape index (κ2) is 6.72. The molecule has 0 saturated heterocycles. The molecule has 0 amide bonds. The van der Waals surface area contributed by atoms with E-state index in [1.165, 1.54) is 0 Å². The van der Waals surface area contributed by atoms with Gasteiger partial charge in [-0.3, -0.25) is 0 Å². The van der Waals surface area contributed by atoms with E-state index in [0.29, 0.717) is 23.5 Å². The predicted molar refractivity (Wildman–Crippen MR) is 94.9 cm³/mol. The first-order valence-corrected chi connectivity index (χ1v) is 9.11. The molecule has 0 bridgehead atoms. The number of benzene rings is 2. The Balaban J connectivity index is 2.00. The van der Waals surface area contributed by atoms with Crippen molar-refractivity contribution in [3.63, 3.8) is 0 Å². The van der Waals surface area contributed by atoms with Crippen molar-refractivity contribution < 1.29 is 8.42 Å². The van der Waals surface area contributed by atoms with Gasteiger partial charge in [-0.1, -0.05) is 45.0 Å². The molecule has 0 aliphatic carbocycles. The molecule has 0 saturated carbocycles. The first-order chi connectivity index (χ1) is 10.7. The largest absolute Gasteiger partial charge is 0.399 e. The maximum atomic E-state index is 12.3. The third kappa shape index (κ3) is 4.81. The summed E-state index contributed by atoms with van der Waals surface area (Å²) in [6, 6.07) is 14.5. The number of hydrogen-bond donors (Lipinski definition) is 2. The average Bonchev–Trinajstić information content (AvgIpc) is 2.48. The summed E-state index contributed by atoms with van der Waals surface area (Å²) in [5.74, 6) is 0. The van der Waals surface area contributed by atoms with Gasteiger partial charge >= 0.3 is 0 Å². The molecular weight excluding hydrogens is 308 g/mol. The molecule has 124 valence electrons. The zero-order valence-corrected chi connectivity index (χ0v) is 14.7. The molecule has 0 spiro atoms. The van der Waals surface area contributed by atoms with E-state index in [1.807, 2.05) is 36.4 Å². The van der Waals surface area contributed by atoms with Crippen LogP contribution >= 0.6 is 0 Å². The van der Waals surface area contributed by atoms with Crippen LogP contribution in [0.3, 0.4) is 0 Å². The van der Waals surface area contributed by atoms with Gasteiger partial charge in [-0.15, -0.1) is 0 Å². The van der Waals surface area contributed by atoms with E-state index < -0.39 is 10.0 Å². The Bertz CT molecular complexity index is 743. The molecule has 0 aliphatic heterocycles. The minimum Gasteiger partial charge on any atom is -0.399 e. The lowest BCUT2D eigenvalue weighted by molar-refractivity contribution is 0.578. The summed E-state index contributed by atoms with van der Waals surface area (Å²) < 4.78 is 27.3. The monoisotopic (exact) mass is 332 g/mol. The van der Waals surface area contributed by atoms with E-state index in [4.69, 9.17) is 5.73 Å². The lowest BCUT2D eigenvalue weighted by Crippen LogP contribution is -2.26. The SMILES string of the molecule is CC(C)(C)c1ccc(S(=O)(=O)NCCc2ccc(N)cc2)cc1. The van der Waals surface area contributed by atoms with E-state index in [2.05, 4.69) is 25.5 Å². The van der Waals surface area contributed by atoms with Crippen LogP contribution in [0.2, 0.25) is 0 Å². The number of anilines is 1. The third-order valence-electron chi connectivity index (χ3n) is 3.72.